The van der Waals surface area contributed by atoms with E-state index in [-0.39, 0.29) is 17.9 Å². The lowest BCUT2D eigenvalue weighted by Gasteiger charge is -2.21. The Morgan fingerprint density at radius 2 is 2.24 bits per heavy atom. The van der Waals surface area contributed by atoms with E-state index < -0.39 is 0 Å². The van der Waals surface area contributed by atoms with Crippen LogP contribution in [0.15, 0.2) is 24.3 Å². The van der Waals surface area contributed by atoms with E-state index in [4.69, 9.17) is 10.5 Å². The molecule has 0 aliphatic heterocycles. The van der Waals surface area contributed by atoms with Gasteiger partial charge in [-0.15, -0.1) is 0 Å². The molecule has 1 aromatic carbocycles. The van der Waals surface area contributed by atoms with Gasteiger partial charge in [-0.25, -0.2) is 0 Å². The number of aryl methyl sites for hydroxylation is 1. The molecule has 1 amide bonds. The largest absolute Gasteiger partial charge is 0.383 e. The third-order valence-corrected chi connectivity index (χ3v) is 4.88. The number of benzene rings is 1. The molecule has 0 aromatic heterocycles. The molecule has 1 aromatic rings. The van der Waals surface area contributed by atoms with E-state index in [2.05, 4.69) is 24.3 Å². The number of rotatable bonds is 5. The summed E-state index contributed by atoms with van der Waals surface area (Å²) >= 11 is 0. The Hall–Kier alpha value is -1.39. The third kappa shape index (κ3) is 2.70. The Labute approximate surface area is 126 Å². The standard InChI is InChI=1S/C17H24N2O2/c1-19(9-12(18)10-21-2)17(20)16-14-8-7-11-5-3-4-6-13(11)15(14)16/h3-6,12,14-16H,7-10,18H2,1-2H3. The smallest absolute Gasteiger partial charge is 0.226 e. The number of carbonyl (C=O) groups is 1. The van der Waals surface area contributed by atoms with Crippen molar-refractivity contribution in [1.82, 2.24) is 4.90 Å². The van der Waals surface area contributed by atoms with Crippen LogP contribution >= 0.6 is 0 Å². The van der Waals surface area contributed by atoms with Crippen LogP contribution in [0.4, 0.5) is 0 Å². The van der Waals surface area contributed by atoms with Gasteiger partial charge in [0.15, 0.2) is 0 Å². The van der Waals surface area contributed by atoms with Crippen LogP contribution in [0, 0.1) is 11.8 Å². The Balaban J connectivity index is 1.66. The van der Waals surface area contributed by atoms with Gasteiger partial charge in [-0.2, -0.15) is 0 Å². The molecule has 114 valence electrons. The summed E-state index contributed by atoms with van der Waals surface area (Å²) in [6.45, 7) is 1.04. The highest BCUT2D eigenvalue weighted by Gasteiger charge is 2.57. The fourth-order valence-electron chi connectivity index (χ4n) is 3.87. The van der Waals surface area contributed by atoms with Crippen LogP contribution in [0.1, 0.15) is 23.5 Å². The van der Waals surface area contributed by atoms with Gasteiger partial charge in [-0.05, 0) is 35.8 Å². The minimum absolute atomic E-state index is 0.114. The lowest BCUT2D eigenvalue weighted by molar-refractivity contribution is -0.132. The Kier molecular flexibility index (Phi) is 4.00. The van der Waals surface area contributed by atoms with Crippen molar-refractivity contribution >= 4 is 5.91 Å². The number of likely N-dealkylation sites (N-methyl/N-ethyl adjacent to an activating group) is 1. The molecule has 21 heavy (non-hydrogen) atoms. The van der Waals surface area contributed by atoms with Gasteiger partial charge in [0.2, 0.25) is 5.91 Å². The maximum Gasteiger partial charge on any atom is 0.226 e. The average Bonchev–Trinajstić information content (AvgIpc) is 3.21. The monoisotopic (exact) mass is 288 g/mol. The van der Waals surface area contributed by atoms with Crippen molar-refractivity contribution in [2.45, 2.75) is 24.8 Å². The molecule has 2 aliphatic carbocycles. The number of ether oxygens (including phenoxy) is 1. The second-order valence-corrected chi connectivity index (χ2v) is 6.39. The van der Waals surface area contributed by atoms with Crippen molar-refractivity contribution in [1.29, 1.82) is 0 Å². The summed E-state index contributed by atoms with van der Waals surface area (Å²) in [5.74, 6) is 1.37. The number of nitrogens with zero attached hydrogens (tertiary/aromatic N) is 1. The summed E-state index contributed by atoms with van der Waals surface area (Å²) in [7, 11) is 3.49. The predicted octanol–water partition coefficient (Wildman–Crippen LogP) is 1.39. The van der Waals surface area contributed by atoms with E-state index in [0.29, 0.717) is 25.0 Å². The van der Waals surface area contributed by atoms with E-state index in [1.54, 1.807) is 12.0 Å². The first-order chi connectivity index (χ1) is 10.1. The zero-order chi connectivity index (χ0) is 15.0. The van der Waals surface area contributed by atoms with Gasteiger partial charge in [0.1, 0.15) is 0 Å². The van der Waals surface area contributed by atoms with Crippen molar-refractivity contribution < 1.29 is 9.53 Å². The molecule has 4 atom stereocenters. The van der Waals surface area contributed by atoms with Crippen LogP contribution in [0.3, 0.4) is 0 Å². The van der Waals surface area contributed by atoms with Gasteiger partial charge in [0, 0.05) is 32.7 Å². The second-order valence-electron chi connectivity index (χ2n) is 6.39. The molecule has 2 aliphatic rings. The Morgan fingerprint density at radius 3 is 3.00 bits per heavy atom. The second kappa shape index (κ2) is 5.78. The number of methoxy groups -OCH3 is 1. The van der Waals surface area contributed by atoms with E-state index in [0.717, 1.165) is 12.8 Å². The zero-order valence-electron chi connectivity index (χ0n) is 12.8. The maximum atomic E-state index is 12.7. The van der Waals surface area contributed by atoms with Crippen LogP contribution in [-0.2, 0) is 16.0 Å². The minimum atomic E-state index is -0.114. The molecule has 0 heterocycles. The Morgan fingerprint density at radius 1 is 1.48 bits per heavy atom. The fourth-order valence-corrected chi connectivity index (χ4v) is 3.87. The van der Waals surface area contributed by atoms with E-state index in [1.165, 1.54) is 11.1 Å². The summed E-state index contributed by atoms with van der Waals surface area (Å²) in [5.41, 5.74) is 8.76. The van der Waals surface area contributed by atoms with Crippen LogP contribution < -0.4 is 5.73 Å². The van der Waals surface area contributed by atoms with Crippen LogP contribution in [0.5, 0.6) is 0 Å². The van der Waals surface area contributed by atoms with Gasteiger partial charge < -0.3 is 15.4 Å². The van der Waals surface area contributed by atoms with Gasteiger partial charge in [0.05, 0.1) is 6.61 Å². The highest BCUT2D eigenvalue weighted by Crippen LogP contribution is 2.60. The van der Waals surface area contributed by atoms with E-state index in [1.807, 2.05) is 7.05 Å². The van der Waals surface area contributed by atoms with Crippen LogP contribution in [-0.4, -0.2) is 44.2 Å². The van der Waals surface area contributed by atoms with Gasteiger partial charge in [-0.1, -0.05) is 24.3 Å². The van der Waals surface area contributed by atoms with Crippen molar-refractivity contribution in [2.24, 2.45) is 17.6 Å². The van der Waals surface area contributed by atoms with Crippen molar-refractivity contribution in [3.8, 4) is 0 Å². The minimum Gasteiger partial charge on any atom is -0.383 e. The summed E-state index contributed by atoms with van der Waals surface area (Å²) in [5, 5.41) is 0. The van der Waals surface area contributed by atoms with Crippen LogP contribution in [0.25, 0.3) is 0 Å². The number of carbonyl (C=O) groups excluding carboxylic acids is 1. The molecule has 0 bridgehead atoms. The average molecular weight is 288 g/mol. The Bertz CT molecular complexity index is 531. The number of hydrogen-bond donors (Lipinski definition) is 1. The molecule has 4 unspecified atom stereocenters. The maximum absolute atomic E-state index is 12.7. The first-order valence-corrected chi connectivity index (χ1v) is 7.70. The molecule has 1 fully saturated rings. The van der Waals surface area contributed by atoms with E-state index >= 15 is 0 Å². The van der Waals surface area contributed by atoms with Crippen LogP contribution in [0.2, 0.25) is 0 Å². The molecule has 4 nitrogen and oxygen atoms in total. The predicted molar refractivity (Wildman–Crippen MR) is 82.0 cm³/mol. The molecule has 0 radical (unpaired) electrons. The SMILES string of the molecule is COCC(N)CN(C)C(=O)C1C2CCc3ccccc3C21. The molecule has 2 N–H and O–H groups in total. The number of fused-ring (bicyclic) bond motifs is 3. The highest BCUT2D eigenvalue weighted by atomic mass is 16.5. The summed E-state index contributed by atoms with van der Waals surface area (Å²) < 4.78 is 5.04. The van der Waals surface area contributed by atoms with Crippen molar-refractivity contribution in [3.05, 3.63) is 35.4 Å². The summed E-state index contributed by atoms with van der Waals surface area (Å²) in [4.78, 5) is 14.4. The van der Waals surface area contributed by atoms with Crippen molar-refractivity contribution in [2.75, 3.05) is 27.3 Å². The molecule has 0 saturated heterocycles. The molecular weight excluding hydrogens is 264 g/mol. The number of hydrogen-bond acceptors (Lipinski definition) is 3. The summed E-state index contributed by atoms with van der Waals surface area (Å²) in [6, 6.07) is 8.45. The first kappa shape index (κ1) is 14.5. The van der Waals surface area contributed by atoms with Gasteiger partial charge >= 0.3 is 0 Å². The molecule has 0 spiro atoms. The molecular formula is C17H24N2O2. The topological polar surface area (TPSA) is 55.6 Å². The van der Waals surface area contributed by atoms with Gasteiger partial charge in [0.25, 0.3) is 0 Å². The third-order valence-electron chi connectivity index (χ3n) is 4.88. The molecule has 1 saturated carbocycles. The molecule has 4 heteroatoms. The first-order valence-electron chi connectivity index (χ1n) is 7.70. The number of amides is 1. The lowest BCUT2D eigenvalue weighted by atomic mass is 9.92. The van der Waals surface area contributed by atoms with E-state index in [9.17, 15) is 4.79 Å². The lowest BCUT2D eigenvalue weighted by Crippen LogP contribution is -2.42. The number of nitrogens with two attached hydrogens (primary N) is 1. The highest BCUT2D eigenvalue weighted by molar-refractivity contribution is 5.84. The normalized spacial score (nSPS) is 27.5. The fraction of sp³-hybridized carbons (Fsp3) is 0.588. The van der Waals surface area contributed by atoms with Crippen molar-refractivity contribution in [3.63, 3.8) is 0 Å². The summed E-state index contributed by atoms with van der Waals surface area (Å²) in [6.07, 6.45) is 2.24. The van der Waals surface area contributed by atoms with Gasteiger partial charge in [-0.3, -0.25) is 4.79 Å². The quantitative estimate of drug-likeness (QED) is 0.891. The zero-order valence-corrected chi connectivity index (χ0v) is 12.8. The molecule has 3 rings (SSSR count).